The van der Waals surface area contributed by atoms with Crippen LogP contribution in [0.15, 0.2) is 6.20 Å². The van der Waals surface area contributed by atoms with Crippen LogP contribution in [-0.4, -0.2) is 34.0 Å². The first kappa shape index (κ1) is 12.6. The van der Waals surface area contributed by atoms with Crippen LogP contribution < -0.4 is 5.32 Å². The van der Waals surface area contributed by atoms with Gasteiger partial charge in [-0.15, -0.1) is 0 Å². The fourth-order valence-electron chi connectivity index (χ4n) is 2.55. The Labute approximate surface area is 103 Å². The molecular weight excluding hydrogens is 214 g/mol. The minimum Gasteiger partial charge on any atom is -0.388 e. The van der Waals surface area contributed by atoms with Crippen LogP contribution in [-0.2, 0) is 11.8 Å². The van der Waals surface area contributed by atoms with Gasteiger partial charge in [-0.05, 0) is 24.9 Å². The Hall–Kier alpha value is -0.870. The van der Waals surface area contributed by atoms with Gasteiger partial charge >= 0.3 is 0 Å². The molecular formula is C13H23N3O. The average Bonchev–Trinajstić information content (AvgIpc) is 2.65. The highest BCUT2D eigenvalue weighted by molar-refractivity contribution is 5.25. The number of hydrogen-bond donors (Lipinski definition) is 3. The van der Waals surface area contributed by atoms with Crippen LogP contribution in [0.5, 0.6) is 0 Å². The van der Waals surface area contributed by atoms with Crippen LogP contribution in [0, 0.1) is 0 Å². The van der Waals surface area contributed by atoms with Crippen LogP contribution in [0.1, 0.15) is 44.9 Å². The normalized spacial score (nSPS) is 26.1. The molecule has 1 aromatic rings. The summed E-state index contributed by atoms with van der Waals surface area (Å²) in [7, 11) is 0. The molecule has 1 aliphatic heterocycles. The SMILES string of the molecule is CC(C)(C)c1[nH]ncc1CC1(O)CCCNC1. The Kier molecular flexibility index (Phi) is 3.27. The van der Waals surface area contributed by atoms with Gasteiger partial charge in [-0.25, -0.2) is 0 Å². The highest BCUT2D eigenvalue weighted by Gasteiger charge is 2.32. The first-order valence-corrected chi connectivity index (χ1v) is 6.37. The Balaban J connectivity index is 2.16. The van der Waals surface area contributed by atoms with Gasteiger partial charge in [0.2, 0.25) is 0 Å². The van der Waals surface area contributed by atoms with Crippen LogP contribution in [0.2, 0.25) is 0 Å². The summed E-state index contributed by atoms with van der Waals surface area (Å²) in [5.74, 6) is 0. The summed E-state index contributed by atoms with van der Waals surface area (Å²) in [6, 6.07) is 0. The van der Waals surface area contributed by atoms with Crippen molar-refractivity contribution in [3.8, 4) is 0 Å². The molecule has 0 amide bonds. The number of nitrogens with one attached hydrogen (secondary N) is 2. The van der Waals surface area contributed by atoms with Crippen molar-refractivity contribution in [2.24, 2.45) is 0 Å². The molecule has 2 heterocycles. The number of aromatic nitrogens is 2. The Morgan fingerprint density at radius 1 is 1.47 bits per heavy atom. The highest BCUT2D eigenvalue weighted by Crippen LogP contribution is 2.28. The van der Waals surface area contributed by atoms with Gasteiger partial charge in [0.15, 0.2) is 0 Å². The maximum Gasteiger partial charge on any atom is 0.0813 e. The molecule has 1 fully saturated rings. The minimum absolute atomic E-state index is 0.0459. The van der Waals surface area contributed by atoms with Crippen LogP contribution in [0.3, 0.4) is 0 Å². The summed E-state index contributed by atoms with van der Waals surface area (Å²) in [6.07, 6.45) is 4.45. The number of rotatable bonds is 2. The van der Waals surface area contributed by atoms with Crippen molar-refractivity contribution >= 4 is 0 Å². The lowest BCUT2D eigenvalue weighted by atomic mass is 9.83. The third kappa shape index (κ3) is 2.87. The van der Waals surface area contributed by atoms with Crippen LogP contribution in [0.25, 0.3) is 0 Å². The third-order valence-corrected chi connectivity index (χ3v) is 3.44. The molecule has 1 aliphatic rings. The summed E-state index contributed by atoms with van der Waals surface area (Å²) in [4.78, 5) is 0. The fourth-order valence-corrected chi connectivity index (χ4v) is 2.55. The average molecular weight is 237 g/mol. The zero-order valence-corrected chi connectivity index (χ0v) is 11.0. The molecule has 0 aliphatic carbocycles. The van der Waals surface area contributed by atoms with Crippen molar-refractivity contribution in [3.63, 3.8) is 0 Å². The zero-order valence-electron chi connectivity index (χ0n) is 11.0. The monoisotopic (exact) mass is 237 g/mol. The van der Waals surface area contributed by atoms with Gasteiger partial charge in [-0.3, -0.25) is 5.10 Å². The molecule has 1 unspecified atom stereocenters. The molecule has 0 spiro atoms. The number of hydrogen-bond acceptors (Lipinski definition) is 3. The van der Waals surface area contributed by atoms with E-state index in [9.17, 15) is 5.11 Å². The highest BCUT2D eigenvalue weighted by atomic mass is 16.3. The zero-order chi connectivity index (χ0) is 12.5. The molecule has 1 aromatic heterocycles. The quantitative estimate of drug-likeness (QED) is 0.728. The van der Waals surface area contributed by atoms with Gasteiger partial charge in [-0.1, -0.05) is 20.8 Å². The van der Waals surface area contributed by atoms with Crippen LogP contribution in [0.4, 0.5) is 0 Å². The molecule has 2 rings (SSSR count). The van der Waals surface area contributed by atoms with Crippen molar-refractivity contribution in [1.29, 1.82) is 0 Å². The van der Waals surface area contributed by atoms with E-state index in [1.54, 1.807) is 0 Å². The van der Waals surface area contributed by atoms with Gasteiger partial charge in [0.05, 0.1) is 11.8 Å². The molecule has 0 bridgehead atoms. The third-order valence-electron chi connectivity index (χ3n) is 3.44. The molecule has 96 valence electrons. The van der Waals surface area contributed by atoms with E-state index in [0.717, 1.165) is 30.6 Å². The van der Waals surface area contributed by atoms with Crippen molar-refractivity contribution in [1.82, 2.24) is 15.5 Å². The first-order chi connectivity index (χ1) is 7.91. The van der Waals surface area contributed by atoms with Crippen molar-refractivity contribution in [2.75, 3.05) is 13.1 Å². The summed E-state index contributed by atoms with van der Waals surface area (Å²) in [5, 5.41) is 21.0. The van der Waals surface area contributed by atoms with Crippen molar-refractivity contribution < 1.29 is 5.11 Å². The van der Waals surface area contributed by atoms with Gasteiger partial charge in [0, 0.05) is 24.1 Å². The Bertz CT molecular complexity index is 372. The number of piperidine rings is 1. The summed E-state index contributed by atoms with van der Waals surface area (Å²) in [6.45, 7) is 8.18. The van der Waals surface area contributed by atoms with Crippen molar-refractivity contribution in [2.45, 2.75) is 51.0 Å². The molecule has 3 N–H and O–H groups in total. The van der Waals surface area contributed by atoms with E-state index in [1.807, 2.05) is 6.20 Å². The molecule has 1 saturated heterocycles. The Morgan fingerprint density at radius 2 is 2.24 bits per heavy atom. The van der Waals surface area contributed by atoms with E-state index in [1.165, 1.54) is 0 Å². The second-order valence-electron chi connectivity index (χ2n) is 6.20. The second-order valence-corrected chi connectivity index (χ2v) is 6.20. The van der Waals surface area contributed by atoms with Gasteiger partial charge in [0.25, 0.3) is 0 Å². The largest absolute Gasteiger partial charge is 0.388 e. The number of H-pyrrole nitrogens is 1. The van der Waals surface area contributed by atoms with Crippen LogP contribution >= 0.6 is 0 Å². The lowest BCUT2D eigenvalue weighted by Gasteiger charge is -2.33. The smallest absolute Gasteiger partial charge is 0.0813 e. The van der Waals surface area contributed by atoms with E-state index in [0.29, 0.717) is 13.0 Å². The number of nitrogens with zero attached hydrogens (tertiary/aromatic N) is 1. The van der Waals surface area contributed by atoms with E-state index in [2.05, 4.69) is 36.3 Å². The molecule has 0 saturated carbocycles. The number of aliphatic hydroxyl groups is 1. The van der Waals surface area contributed by atoms with Gasteiger partial charge in [-0.2, -0.15) is 5.10 Å². The fraction of sp³-hybridized carbons (Fsp3) is 0.769. The number of β-amino-alcohol motifs (C(OH)–C–C–N with tert-alkyl or cyclic N) is 1. The van der Waals surface area contributed by atoms with E-state index in [-0.39, 0.29) is 5.41 Å². The van der Waals surface area contributed by atoms with E-state index < -0.39 is 5.60 Å². The molecule has 17 heavy (non-hydrogen) atoms. The molecule has 0 radical (unpaired) electrons. The lowest BCUT2D eigenvalue weighted by Crippen LogP contribution is -2.47. The molecule has 1 atom stereocenters. The lowest BCUT2D eigenvalue weighted by molar-refractivity contribution is 0.0166. The van der Waals surface area contributed by atoms with Gasteiger partial charge in [0.1, 0.15) is 0 Å². The number of aromatic amines is 1. The van der Waals surface area contributed by atoms with Gasteiger partial charge < -0.3 is 10.4 Å². The predicted octanol–water partition coefficient (Wildman–Crippen LogP) is 1.36. The standard InChI is InChI=1S/C13H23N3O/c1-12(2,3)11-10(8-15-16-11)7-13(17)5-4-6-14-9-13/h8,14,17H,4-7,9H2,1-3H3,(H,15,16). The molecule has 4 heteroatoms. The molecule has 4 nitrogen and oxygen atoms in total. The topological polar surface area (TPSA) is 60.9 Å². The summed E-state index contributed by atoms with van der Waals surface area (Å²) >= 11 is 0. The Morgan fingerprint density at radius 3 is 2.82 bits per heavy atom. The second kappa shape index (κ2) is 4.42. The predicted molar refractivity (Wildman–Crippen MR) is 68.0 cm³/mol. The minimum atomic E-state index is -0.609. The van der Waals surface area contributed by atoms with E-state index >= 15 is 0 Å². The van der Waals surface area contributed by atoms with Crippen molar-refractivity contribution in [3.05, 3.63) is 17.5 Å². The molecule has 0 aromatic carbocycles. The maximum absolute atomic E-state index is 10.5. The maximum atomic E-state index is 10.5. The summed E-state index contributed by atoms with van der Waals surface area (Å²) in [5.41, 5.74) is 1.71. The summed E-state index contributed by atoms with van der Waals surface area (Å²) < 4.78 is 0. The van der Waals surface area contributed by atoms with E-state index in [4.69, 9.17) is 0 Å². The first-order valence-electron chi connectivity index (χ1n) is 6.37.